The lowest BCUT2D eigenvalue weighted by atomic mass is 9.53. The van der Waals surface area contributed by atoms with Crippen molar-refractivity contribution in [2.24, 2.45) is 47.2 Å². The lowest BCUT2D eigenvalue weighted by Crippen LogP contribution is -2.51. The number of aliphatic carboxylic acids is 1. The van der Waals surface area contributed by atoms with Crippen LogP contribution in [0.25, 0.3) is 11.8 Å². The number of aliphatic hydroxyl groups is 2. The number of carboxylic acids is 1. The number of aldehydes is 1. The minimum Gasteiger partial charge on any atom is -0.511 e. The van der Waals surface area contributed by atoms with Crippen molar-refractivity contribution in [1.82, 2.24) is 0 Å². The highest BCUT2D eigenvalue weighted by Gasteiger charge is 2.53. The number of fused-ring (bicyclic) bond motifs is 5. The van der Waals surface area contributed by atoms with Crippen molar-refractivity contribution in [3.63, 3.8) is 0 Å². The second-order valence-electron chi connectivity index (χ2n) is 17.5. The van der Waals surface area contributed by atoms with Crippen molar-refractivity contribution in [1.29, 1.82) is 0 Å². The first-order valence-electron chi connectivity index (χ1n) is 21.5. The molecule has 1 saturated carbocycles. The molecule has 4 aliphatic carbocycles. The van der Waals surface area contributed by atoms with Crippen LogP contribution in [0.15, 0.2) is 96.6 Å². The molecule has 0 aromatic heterocycles. The fourth-order valence-corrected chi connectivity index (χ4v) is 11.3. The van der Waals surface area contributed by atoms with Crippen LogP contribution in [-0.4, -0.2) is 45.8 Å². The Bertz CT molecular complexity index is 2050. The van der Waals surface area contributed by atoms with Gasteiger partial charge in [-0.1, -0.05) is 110 Å². The third kappa shape index (κ3) is 8.85. The monoisotopic (exact) mass is 771 g/mol. The predicted octanol–water partition coefficient (Wildman–Crippen LogP) is 7.87. The molecule has 0 heterocycles. The molecule has 302 valence electrons. The van der Waals surface area contributed by atoms with Gasteiger partial charge in [0.2, 0.25) is 0 Å². The molecule has 7 nitrogen and oxygen atoms in total. The molecule has 7 rings (SSSR count). The highest BCUT2D eigenvalue weighted by atomic mass is 16.4. The van der Waals surface area contributed by atoms with E-state index in [-0.39, 0.29) is 41.9 Å². The summed E-state index contributed by atoms with van der Waals surface area (Å²) in [5.41, 5.74) is 9.61. The van der Waals surface area contributed by atoms with Crippen LogP contribution in [0, 0.1) is 41.4 Å². The normalized spacial score (nSPS) is 28.9. The maximum atomic E-state index is 13.6. The first-order chi connectivity index (χ1) is 27.7. The molecular weight excluding hydrogens is 711 g/mol. The summed E-state index contributed by atoms with van der Waals surface area (Å²) in [7, 11) is 0. The maximum Gasteiger partial charge on any atom is 0.308 e. The zero-order valence-corrected chi connectivity index (χ0v) is 33.2. The van der Waals surface area contributed by atoms with Gasteiger partial charge < -0.3 is 31.0 Å². The zero-order chi connectivity index (χ0) is 39.9. The number of rotatable bonds is 13. The molecule has 1 fully saturated rings. The van der Waals surface area contributed by atoms with Crippen LogP contribution in [0.4, 0.5) is 0 Å². The molecular formula is C50H61NO6. The molecule has 3 aromatic carbocycles. The number of benzene rings is 3. The Kier molecular flexibility index (Phi) is 13.2. The molecule has 57 heavy (non-hydrogen) atoms. The van der Waals surface area contributed by atoms with Crippen LogP contribution < -0.4 is 16.2 Å². The fraction of sp³-hybridized carbons (Fsp3) is 0.480. The Hall–Kier alpha value is -4.46. The smallest absolute Gasteiger partial charge is 0.308 e. The number of hydrogen-bond acceptors (Lipinski definition) is 6. The molecule has 0 saturated heterocycles. The molecule has 0 radical (unpaired) electrons. The van der Waals surface area contributed by atoms with E-state index in [1.807, 2.05) is 42.5 Å². The molecule has 3 aromatic rings. The average Bonchev–Trinajstić information content (AvgIpc) is 3.69. The summed E-state index contributed by atoms with van der Waals surface area (Å²) in [6.45, 7) is 0.361. The minimum atomic E-state index is -0.921. The van der Waals surface area contributed by atoms with Crippen LogP contribution >= 0.6 is 0 Å². The van der Waals surface area contributed by atoms with Crippen LogP contribution in [0.2, 0.25) is 0 Å². The summed E-state index contributed by atoms with van der Waals surface area (Å²) in [6, 6.07) is 24.0. The van der Waals surface area contributed by atoms with Crippen molar-refractivity contribution < 1.29 is 30.0 Å². The number of carbonyl (C=O) groups is 2. The first kappa shape index (κ1) is 40.7. The van der Waals surface area contributed by atoms with E-state index in [2.05, 4.69) is 42.5 Å². The van der Waals surface area contributed by atoms with E-state index < -0.39 is 23.2 Å². The minimum absolute atomic E-state index is 0.0476. The quantitative estimate of drug-likeness (QED) is 0.0677. The van der Waals surface area contributed by atoms with Crippen molar-refractivity contribution in [3.8, 4) is 5.75 Å². The van der Waals surface area contributed by atoms with Gasteiger partial charge in [-0.05, 0) is 128 Å². The van der Waals surface area contributed by atoms with E-state index in [0.29, 0.717) is 31.1 Å². The molecule has 1 spiro atoms. The number of unbranched alkanes of at least 4 members (excludes halogenated alkanes) is 2. The van der Waals surface area contributed by atoms with Gasteiger partial charge in [-0.15, -0.1) is 0 Å². The van der Waals surface area contributed by atoms with Crippen LogP contribution in [0.3, 0.4) is 0 Å². The summed E-state index contributed by atoms with van der Waals surface area (Å²) >= 11 is 0. The Morgan fingerprint density at radius 3 is 2.54 bits per heavy atom. The van der Waals surface area contributed by atoms with Gasteiger partial charge >= 0.3 is 5.97 Å². The van der Waals surface area contributed by atoms with Gasteiger partial charge in [-0.3, -0.25) is 4.79 Å². The third-order valence-corrected chi connectivity index (χ3v) is 14.2. The van der Waals surface area contributed by atoms with Crippen molar-refractivity contribution in [2.75, 3.05) is 13.2 Å². The molecule has 6 N–H and O–H groups in total. The number of hydrogen-bond donors (Lipinski definition) is 5. The standard InChI is InChI=1S/C50H61NO6/c51-25-23-33-16-17-37(26-33)40(31-52)11-3-1-2-9-35-12-7-13-41(32-53)47(49(56)57)50(24-22-39-29-38-10-4-5-15-44(38)48(55)46(39)30-50)42-14-6-8-34(27-42)28-45(35)36-18-20-43(54)21-19-36/h4-8,10,13-15,18-21,26-27,29,31,35,37,39-41,45-47,53-55H,1-3,9,11-12,16-17,22-25,28,30,32,51H2,(H,56,57). The zero-order valence-electron chi connectivity index (χ0n) is 33.2. The summed E-state index contributed by atoms with van der Waals surface area (Å²) in [5, 5.41) is 46.0. The lowest BCUT2D eigenvalue weighted by molar-refractivity contribution is -0.148. The Labute approximate surface area is 337 Å². The number of carbonyl (C=O) groups excluding carboxylic acids is 1. The summed E-state index contributed by atoms with van der Waals surface area (Å²) in [4.78, 5) is 25.7. The van der Waals surface area contributed by atoms with Crippen molar-refractivity contribution in [3.05, 3.63) is 124 Å². The van der Waals surface area contributed by atoms with E-state index >= 15 is 0 Å². The Morgan fingerprint density at radius 1 is 0.947 bits per heavy atom. The van der Waals surface area contributed by atoms with Crippen molar-refractivity contribution in [2.45, 2.75) is 94.8 Å². The molecule has 0 aliphatic heterocycles. The fourth-order valence-electron chi connectivity index (χ4n) is 11.3. The third-order valence-electron chi connectivity index (χ3n) is 14.2. The number of phenols is 1. The van der Waals surface area contributed by atoms with Crippen LogP contribution in [0.1, 0.15) is 99.7 Å². The van der Waals surface area contributed by atoms with Crippen molar-refractivity contribution >= 4 is 24.1 Å². The summed E-state index contributed by atoms with van der Waals surface area (Å²) in [5.74, 6) is -1.26. The topological polar surface area (TPSA) is 141 Å². The number of allylic oxidation sites excluding steroid dienone is 2. The largest absolute Gasteiger partial charge is 0.511 e. The van der Waals surface area contributed by atoms with Gasteiger partial charge in [0.1, 0.15) is 17.8 Å². The number of carboxylic acid groups (broad SMARTS) is 1. The van der Waals surface area contributed by atoms with E-state index in [1.54, 1.807) is 12.1 Å². The van der Waals surface area contributed by atoms with Gasteiger partial charge in [0.05, 0.1) is 12.5 Å². The van der Waals surface area contributed by atoms with Crippen LogP contribution in [-0.2, 0) is 21.4 Å². The van der Waals surface area contributed by atoms with Gasteiger partial charge in [-0.25, -0.2) is 0 Å². The first-order valence-corrected chi connectivity index (χ1v) is 21.5. The Morgan fingerprint density at radius 2 is 1.77 bits per heavy atom. The number of aromatic hydroxyl groups is 1. The second kappa shape index (κ2) is 18.4. The predicted molar refractivity (Wildman–Crippen MR) is 226 cm³/mol. The summed E-state index contributed by atoms with van der Waals surface area (Å²) in [6.07, 6.45) is 21.0. The van der Waals surface area contributed by atoms with Gasteiger partial charge in [-0.2, -0.15) is 0 Å². The SMILES string of the molecule is NCCC1=CC(C(C=O)CCCCCC2CC=CC(CO)C(C(=O)O)C3(CCC4C=c5ccccc5=C(O)C4C3)c3cccc(c3)CC2c2ccc(O)cc2)CC1. The highest BCUT2D eigenvalue weighted by Crippen LogP contribution is 2.54. The van der Waals surface area contributed by atoms with Crippen LogP contribution in [0.5, 0.6) is 5.75 Å². The summed E-state index contributed by atoms with van der Waals surface area (Å²) < 4.78 is 0. The van der Waals surface area contributed by atoms with E-state index in [9.17, 15) is 30.0 Å². The number of phenolic OH excluding ortho intramolecular Hbond substituents is 1. The average molecular weight is 772 g/mol. The van der Waals surface area contributed by atoms with Gasteiger partial charge in [0.25, 0.3) is 0 Å². The van der Waals surface area contributed by atoms with E-state index in [0.717, 1.165) is 104 Å². The molecule has 9 unspecified atom stereocenters. The molecule has 2 bridgehead atoms. The van der Waals surface area contributed by atoms with Gasteiger partial charge in [0.15, 0.2) is 0 Å². The Balaban J connectivity index is 1.18. The molecule has 4 aliphatic rings. The molecule has 0 amide bonds. The second-order valence-corrected chi connectivity index (χ2v) is 17.5. The van der Waals surface area contributed by atoms with E-state index in [1.165, 1.54) is 5.57 Å². The molecule has 7 heteroatoms. The lowest BCUT2D eigenvalue weighted by Gasteiger charge is -2.49. The van der Waals surface area contributed by atoms with E-state index in [4.69, 9.17) is 5.73 Å². The molecule has 9 atom stereocenters. The highest BCUT2D eigenvalue weighted by molar-refractivity contribution is 5.74. The number of nitrogens with two attached hydrogens (primary N) is 1. The van der Waals surface area contributed by atoms with Gasteiger partial charge in [0, 0.05) is 28.4 Å². The maximum absolute atomic E-state index is 13.6. The number of aliphatic hydroxyl groups excluding tert-OH is 2.